The first kappa shape index (κ1) is 15.2. The number of hydrogen-bond donors (Lipinski definition) is 2. The van der Waals surface area contributed by atoms with Crippen LogP contribution in [0.15, 0.2) is 18.5 Å². The number of nitrogens with one attached hydrogen (secondary N) is 2. The van der Waals surface area contributed by atoms with E-state index in [0.717, 1.165) is 25.8 Å². The molecule has 2 aromatic heterocycles. The molecule has 0 radical (unpaired) electrons. The average Bonchev–Trinajstić information content (AvgIpc) is 2.99. The second-order valence-corrected chi connectivity index (χ2v) is 4.99. The summed E-state index contributed by atoms with van der Waals surface area (Å²) in [4.78, 5) is 13.2. The first-order valence-corrected chi connectivity index (χ1v) is 7.49. The Labute approximate surface area is 125 Å². The summed E-state index contributed by atoms with van der Waals surface area (Å²) in [6.45, 7) is 7.21. The van der Waals surface area contributed by atoms with Crippen LogP contribution in [0.25, 0.3) is 5.95 Å². The standard InChI is InChI=1S/C14H23N7/c1-4-7-11(3)17-13-18-12(15-8-5-2)19-14(20-13)21-10-6-9-16-21/h6,9-11H,4-5,7-8H2,1-3H3,(H2,15,17,18,19,20). The first-order chi connectivity index (χ1) is 10.2. The molecule has 0 saturated carbocycles. The van der Waals surface area contributed by atoms with E-state index in [9.17, 15) is 0 Å². The van der Waals surface area contributed by atoms with Gasteiger partial charge in [0.1, 0.15) is 0 Å². The molecule has 0 spiro atoms. The summed E-state index contributed by atoms with van der Waals surface area (Å²) in [6, 6.07) is 2.16. The van der Waals surface area contributed by atoms with Crippen molar-refractivity contribution in [1.29, 1.82) is 0 Å². The van der Waals surface area contributed by atoms with Crippen molar-refractivity contribution in [3.8, 4) is 5.95 Å². The van der Waals surface area contributed by atoms with Gasteiger partial charge in [-0.1, -0.05) is 20.3 Å². The second-order valence-electron chi connectivity index (χ2n) is 4.99. The van der Waals surface area contributed by atoms with Crippen LogP contribution in [0.2, 0.25) is 0 Å². The van der Waals surface area contributed by atoms with Crippen LogP contribution in [0.4, 0.5) is 11.9 Å². The molecule has 2 heterocycles. The lowest BCUT2D eigenvalue weighted by Crippen LogP contribution is -2.19. The van der Waals surface area contributed by atoms with Crippen molar-refractivity contribution in [2.45, 2.75) is 46.1 Å². The van der Waals surface area contributed by atoms with Crippen molar-refractivity contribution < 1.29 is 0 Å². The van der Waals surface area contributed by atoms with E-state index in [2.05, 4.69) is 51.5 Å². The summed E-state index contributed by atoms with van der Waals surface area (Å²) in [5.41, 5.74) is 0. The molecule has 0 aliphatic carbocycles. The smallest absolute Gasteiger partial charge is 0.257 e. The van der Waals surface area contributed by atoms with Crippen molar-refractivity contribution in [2.24, 2.45) is 0 Å². The first-order valence-electron chi connectivity index (χ1n) is 7.49. The Bertz CT molecular complexity index is 538. The molecule has 0 aromatic carbocycles. The molecular formula is C14H23N7. The number of anilines is 2. The lowest BCUT2D eigenvalue weighted by molar-refractivity contribution is 0.680. The highest BCUT2D eigenvalue weighted by Crippen LogP contribution is 2.11. The van der Waals surface area contributed by atoms with Gasteiger partial charge in [0.25, 0.3) is 5.95 Å². The maximum Gasteiger partial charge on any atom is 0.257 e. The maximum atomic E-state index is 4.43. The molecule has 21 heavy (non-hydrogen) atoms. The van der Waals surface area contributed by atoms with Gasteiger partial charge in [0.05, 0.1) is 0 Å². The Kier molecular flexibility index (Phi) is 5.48. The third-order valence-corrected chi connectivity index (χ3v) is 2.96. The Morgan fingerprint density at radius 1 is 1.14 bits per heavy atom. The summed E-state index contributed by atoms with van der Waals surface area (Å²) in [5.74, 6) is 1.67. The molecule has 0 saturated heterocycles. The Morgan fingerprint density at radius 2 is 1.95 bits per heavy atom. The Balaban J connectivity index is 2.24. The fourth-order valence-electron chi connectivity index (χ4n) is 1.96. The summed E-state index contributed by atoms with van der Waals surface area (Å²) in [6.07, 6.45) is 6.72. The number of nitrogens with zero attached hydrogens (tertiary/aromatic N) is 5. The lowest BCUT2D eigenvalue weighted by atomic mass is 10.2. The third-order valence-electron chi connectivity index (χ3n) is 2.96. The van der Waals surface area contributed by atoms with Gasteiger partial charge >= 0.3 is 0 Å². The van der Waals surface area contributed by atoms with Crippen LogP contribution in [0.1, 0.15) is 40.0 Å². The molecule has 2 N–H and O–H groups in total. The van der Waals surface area contributed by atoms with E-state index in [-0.39, 0.29) is 0 Å². The molecule has 1 unspecified atom stereocenters. The second kappa shape index (κ2) is 7.56. The van der Waals surface area contributed by atoms with E-state index in [1.807, 2.05) is 12.3 Å². The molecule has 114 valence electrons. The molecule has 0 aliphatic rings. The maximum absolute atomic E-state index is 4.43. The quantitative estimate of drug-likeness (QED) is 0.777. The highest BCUT2D eigenvalue weighted by Gasteiger charge is 2.10. The van der Waals surface area contributed by atoms with Gasteiger partial charge in [-0.05, 0) is 25.8 Å². The third kappa shape index (κ3) is 4.40. The molecule has 0 bridgehead atoms. The topological polar surface area (TPSA) is 80.5 Å². The zero-order valence-corrected chi connectivity index (χ0v) is 12.9. The van der Waals surface area contributed by atoms with Gasteiger partial charge in [-0.2, -0.15) is 20.1 Å². The zero-order valence-electron chi connectivity index (χ0n) is 12.9. The van der Waals surface area contributed by atoms with Gasteiger partial charge in [-0.25, -0.2) is 4.68 Å². The summed E-state index contributed by atoms with van der Waals surface area (Å²) in [5, 5.41) is 10.7. The highest BCUT2D eigenvalue weighted by molar-refractivity contribution is 5.38. The lowest BCUT2D eigenvalue weighted by Gasteiger charge is -2.14. The molecule has 2 rings (SSSR count). The van der Waals surface area contributed by atoms with Gasteiger partial charge in [-0.15, -0.1) is 0 Å². The van der Waals surface area contributed by atoms with Gasteiger partial charge in [0.2, 0.25) is 11.9 Å². The minimum Gasteiger partial charge on any atom is -0.354 e. The minimum atomic E-state index is 0.321. The van der Waals surface area contributed by atoms with Crippen molar-refractivity contribution in [1.82, 2.24) is 24.7 Å². The monoisotopic (exact) mass is 289 g/mol. The van der Waals surface area contributed by atoms with Gasteiger partial charge in [-0.3, -0.25) is 0 Å². The van der Waals surface area contributed by atoms with Crippen LogP contribution < -0.4 is 10.6 Å². The average molecular weight is 289 g/mol. The molecule has 0 aliphatic heterocycles. The normalized spacial score (nSPS) is 12.1. The van der Waals surface area contributed by atoms with Gasteiger partial charge < -0.3 is 10.6 Å². The predicted molar refractivity (Wildman–Crippen MR) is 83.7 cm³/mol. The number of hydrogen-bond acceptors (Lipinski definition) is 6. The van der Waals surface area contributed by atoms with Gasteiger partial charge in [0.15, 0.2) is 0 Å². The minimum absolute atomic E-state index is 0.321. The van der Waals surface area contributed by atoms with Crippen LogP contribution in [0, 0.1) is 0 Å². The summed E-state index contributed by atoms with van der Waals surface area (Å²) in [7, 11) is 0. The molecule has 7 nitrogen and oxygen atoms in total. The zero-order chi connectivity index (χ0) is 15.1. The molecule has 0 fully saturated rings. The van der Waals surface area contributed by atoms with E-state index < -0.39 is 0 Å². The largest absolute Gasteiger partial charge is 0.354 e. The van der Waals surface area contributed by atoms with Crippen LogP contribution in [0.5, 0.6) is 0 Å². The van der Waals surface area contributed by atoms with Crippen molar-refractivity contribution in [3.05, 3.63) is 18.5 Å². The van der Waals surface area contributed by atoms with E-state index in [1.54, 1.807) is 10.9 Å². The van der Waals surface area contributed by atoms with Crippen LogP contribution >= 0.6 is 0 Å². The van der Waals surface area contributed by atoms with E-state index in [0.29, 0.717) is 23.9 Å². The number of rotatable bonds is 8. The van der Waals surface area contributed by atoms with Crippen molar-refractivity contribution >= 4 is 11.9 Å². The summed E-state index contributed by atoms with van der Waals surface area (Å²) >= 11 is 0. The van der Waals surface area contributed by atoms with Crippen LogP contribution in [-0.4, -0.2) is 37.3 Å². The van der Waals surface area contributed by atoms with Crippen molar-refractivity contribution in [2.75, 3.05) is 17.2 Å². The van der Waals surface area contributed by atoms with Crippen LogP contribution in [0.3, 0.4) is 0 Å². The predicted octanol–water partition coefficient (Wildman–Crippen LogP) is 2.48. The molecule has 1 atom stereocenters. The van der Waals surface area contributed by atoms with E-state index in [1.165, 1.54) is 0 Å². The van der Waals surface area contributed by atoms with Gasteiger partial charge in [0, 0.05) is 25.0 Å². The van der Waals surface area contributed by atoms with Crippen molar-refractivity contribution in [3.63, 3.8) is 0 Å². The Morgan fingerprint density at radius 3 is 2.62 bits per heavy atom. The fourth-order valence-corrected chi connectivity index (χ4v) is 1.96. The molecule has 2 aromatic rings. The number of aromatic nitrogens is 5. The molecule has 7 heteroatoms. The van der Waals surface area contributed by atoms with E-state index in [4.69, 9.17) is 0 Å². The SMILES string of the molecule is CCCNc1nc(NC(C)CCC)nc(-n2cccn2)n1. The highest BCUT2D eigenvalue weighted by atomic mass is 15.4. The molecular weight excluding hydrogens is 266 g/mol. The fraction of sp³-hybridized carbons (Fsp3) is 0.571. The summed E-state index contributed by atoms with van der Waals surface area (Å²) < 4.78 is 1.63. The van der Waals surface area contributed by atoms with E-state index >= 15 is 0 Å². The Hall–Kier alpha value is -2.18. The molecule has 0 amide bonds. The van der Waals surface area contributed by atoms with Crippen LogP contribution in [-0.2, 0) is 0 Å².